The highest BCUT2D eigenvalue weighted by Crippen LogP contribution is 2.27. The van der Waals surface area contributed by atoms with E-state index in [1.807, 2.05) is 12.1 Å². The van der Waals surface area contributed by atoms with Gasteiger partial charge in [-0.15, -0.1) is 0 Å². The van der Waals surface area contributed by atoms with Crippen LogP contribution in [0, 0.1) is 18.6 Å². The molecule has 1 aliphatic heterocycles. The molecule has 0 atom stereocenters. The van der Waals surface area contributed by atoms with Crippen LogP contribution in [-0.4, -0.2) is 33.9 Å². The van der Waals surface area contributed by atoms with Gasteiger partial charge in [-0.1, -0.05) is 12.1 Å². The molecule has 2 aromatic carbocycles. The SMILES string of the molecule is Cc1nc(C2CCN(Cc3ccc(F)cc3)CC2)ncc1C(=O)Nc1ccc(F)cc1. The average molecular weight is 422 g/mol. The van der Waals surface area contributed by atoms with E-state index in [-0.39, 0.29) is 23.5 Å². The second-order valence-corrected chi connectivity index (χ2v) is 7.87. The molecule has 160 valence electrons. The monoisotopic (exact) mass is 422 g/mol. The number of halogens is 2. The van der Waals surface area contributed by atoms with Gasteiger partial charge < -0.3 is 5.32 Å². The molecule has 4 rings (SSSR count). The van der Waals surface area contributed by atoms with Crippen molar-refractivity contribution in [3.63, 3.8) is 0 Å². The molecular formula is C24H24F2N4O. The molecule has 5 nitrogen and oxygen atoms in total. The van der Waals surface area contributed by atoms with Crippen molar-refractivity contribution in [1.82, 2.24) is 14.9 Å². The van der Waals surface area contributed by atoms with Crippen molar-refractivity contribution < 1.29 is 13.6 Å². The largest absolute Gasteiger partial charge is 0.322 e. The maximum Gasteiger partial charge on any atom is 0.259 e. The lowest BCUT2D eigenvalue weighted by Gasteiger charge is -2.31. The van der Waals surface area contributed by atoms with E-state index in [0.717, 1.165) is 43.9 Å². The van der Waals surface area contributed by atoms with Gasteiger partial charge >= 0.3 is 0 Å². The van der Waals surface area contributed by atoms with Gasteiger partial charge in [0, 0.05) is 24.3 Å². The summed E-state index contributed by atoms with van der Waals surface area (Å²) >= 11 is 0. The standard InChI is InChI=1S/C24H24F2N4O/c1-16-22(24(31)29-21-8-6-20(26)7-9-21)14-27-23(28-16)18-10-12-30(13-11-18)15-17-2-4-19(25)5-3-17/h2-9,14,18H,10-13,15H2,1H3,(H,29,31). The van der Waals surface area contributed by atoms with Crippen molar-refractivity contribution in [1.29, 1.82) is 0 Å². The van der Waals surface area contributed by atoms with Crippen LogP contribution < -0.4 is 5.32 Å². The molecule has 1 aliphatic rings. The molecule has 0 bridgehead atoms. The fourth-order valence-electron chi connectivity index (χ4n) is 3.83. The van der Waals surface area contributed by atoms with Gasteiger partial charge in [0.05, 0.1) is 11.3 Å². The Hall–Kier alpha value is -3.19. The van der Waals surface area contributed by atoms with Crippen molar-refractivity contribution in [2.75, 3.05) is 18.4 Å². The summed E-state index contributed by atoms with van der Waals surface area (Å²) in [5.41, 5.74) is 2.65. The van der Waals surface area contributed by atoms with Crippen molar-refractivity contribution >= 4 is 11.6 Å². The van der Waals surface area contributed by atoms with Gasteiger partial charge in [0.1, 0.15) is 17.5 Å². The molecule has 0 saturated carbocycles. The second-order valence-electron chi connectivity index (χ2n) is 7.87. The smallest absolute Gasteiger partial charge is 0.259 e. The number of hydrogen-bond acceptors (Lipinski definition) is 4. The molecule has 1 amide bonds. The number of nitrogens with zero attached hydrogens (tertiary/aromatic N) is 3. The average Bonchev–Trinajstić information content (AvgIpc) is 2.77. The molecule has 0 radical (unpaired) electrons. The minimum absolute atomic E-state index is 0.218. The Morgan fingerprint density at radius 3 is 2.26 bits per heavy atom. The third kappa shape index (κ3) is 5.30. The fourth-order valence-corrected chi connectivity index (χ4v) is 3.83. The highest BCUT2D eigenvalue weighted by molar-refractivity contribution is 6.04. The van der Waals surface area contributed by atoms with E-state index < -0.39 is 0 Å². The van der Waals surface area contributed by atoms with E-state index >= 15 is 0 Å². The van der Waals surface area contributed by atoms with Crippen LogP contribution in [0.5, 0.6) is 0 Å². The lowest BCUT2D eigenvalue weighted by molar-refractivity contribution is 0.102. The molecular weight excluding hydrogens is 398 g/mol. The van der Waals surface area contributed by atoms with Crippen LogP contribution in [0.25, 0.3) is 0 Å². The van der Waals surface area contributed by atoms with Gasteiger partial charge in [-0.05, 0) is 74.8 Å². The maximum atomic E-state index is 13.1. The predicted molar refractivity (Wildman–Crippen MR) is 115 cm³/mol. The molecule has 1 saturated heterocycles. The van der Waals surface area contributed by atoms with Gasteiger partial charge in [-0.25, -0.2) is 18.7 Å². The summed E-state index contributed by atoms with van der Waals surface area (Å²) in [4.78, 5) is 23.9. The maximum absolute atomic E-state index is 13.1. The Labute approximate surface area is 180 Å². The topological polar surface area (TPSA) is 58.1 Å². The number of amides is 1. The van der Waals surface area contributed by atoms with Gasteiger partial charge in [0.2, 0.25) is 0 Å². The fraction of sp³-hybridized carbons (Fsp3) is 0.292. The molecule has 2 heterocycles. The van der Waals surface area contributed by atoms with E-state index in [0.29, 0.717) is 16.9 Å². The quantitative estimate of drug-likeness (QED) is 0.648. The first-order chi connectivity index (χ1) is 15.0. The van der Waals surface area contributed by atoms with Crippen LogP contribution in [0.2, 0.25) is 0 Å². The summed E-state index contributed by atoms with van der Waals surface area (Å²) in [5.74, 6) is 0.120. The molecule has 1 fully saturated rings. The molecule has 3 aromatic rings. The summed E-state index contributed by atoms with van der Waals surface area (Å²) in [6.45, 7) is 4.43. The molecule has 0 aliphatic carbocycles. The van der Waals surface area contributed by atoms with Gasteiger partial charge in [-0.3, -0.25) is 9.69 Å². The second kappa shape index (κ2) is 9.31. The summed E-state index contributed by atoms with van der Waals surface area (Å²) in [6.07, 6.45) is 3.44. The zero-order valence-electron chi connectivity index (χ0n) is 17.3. The van der Waals surface area contributed by atoms with Crippen LogP contribution in [0.4, 0.5) is 14.5 Å². The van der Waals surface area contributed by atoms with Gasteiger partial charge in [0.25, 0.3) is 5.91 Å². The highest BCUT2D eigenvalue weighted by atomic mass is 19.1. The van der Waals surface area contributed by atoms with E-state index in [1.54, 1.807) is 13.1 Å². The number of aryl methyl sites for hydroxylation is 1. The molecule has 1 aromatic heterocycles. The Morgan fingerprint density at radius 2 is 1.65 bits per heavy atom. The predicted octanol–water partition coefficient (Wildman–Crippen LogP) is 4.70. The van der Waals surface area contributed by atoms with Crippen molar-refractivity contribution in [3.8, 4) is 0 Å². The Balaban J connectivity index is 1.35. The molecule has 31 heavy (non-hydrogen) atoms. The summed E-state index contributed by atoms with van der Waals surface area (Å²) in [7, 11) is 0. The number of benzene rings is 2. The first kappa shape index (κ1) is 21.1. The number of rotatable bonds is 5. The number of carbonyl (C=O) groups is 1. The number of hydrogen-bond donors (Lipinski definition) is 1. The lowest BCUT2D eigenvalue weighted by atomic mass is 9.95. The first-order valence-electron chi connectivity index (χ1n) is 10.3. The summed E-state index contributed by atoms with van der Waals surface area (Å²) in [5, 5.41) is 2.74. The normalized spacial score (nSPS) is 15.1. The number of aromatic nitrogens is 2. The number of carbonyl (C=O) groups excluding carboxylic acids is 1. The van der Waals surface area contributed by atoms with Crippen LogP contribution in [0.1, 0.15) is 46.2 Å². The number of nitrogens with one attached hydrogen (secondary N) is 1. The molecule has 1 N–H and O–H groups in total. The number of anilines is 1. The third-order valence-electron chi connectivity index (χ3n) is 5.62. The lowest BCUT2D eigenvalue weighted by Crippen LogP contribution is -2.33. The third-order valence-corrected chi connectivity index (χ3v) is 5.62. The molecule has 0 unspecified atom stereocenters. The number of piperidine rings is 1. The zero-order valence-corrected chi connectivity index (χ0v) is 17.3. The van der Waals surface area contributed by atoms with E-state index in [9.17, 15) is 13.6 Å². The van der Waals surface area contributed by atoms with E-state index in [2.05, 4.69) is 20.2 Å². The van der Waals surface area contributed by atoms with Gasteiger partial charge in [0.15, 0.2) is 0 Å². The Bertz CT molecular complexity index is 1050. The van der Waals surface area contributed by atoms with E-state index in [4.69, 9.17) is 0 Å². The summed E-state index contributed by atoms with van der Waals surface area (Å²) in [6, 6.07) is 12.2. The van der Waals surface area contributed by atoms with Crippen molar-refractivity contribution in [2.45, 2.75) is 32.2 Å². The van der Waals surface area contributed by atoms with Gasteiger partial charge in [-0.2, -0.15) is 0 Å². The summed E-state index contributed by atoms with van der Waals surface area (Å²) < 4.78 is 26.1. The van der Waals surface area contributed by atoms with E-state index in [1.165, 1.54) is 36.4 Å². The van der Waals surface area contributed by atoms with Crippen LogP contribution in [0.15, 0.2) is 54.7 Å². The highest BCUT2D eigenvalue weighted by Gasteiger charge is 2.24. The van der Waals surface area contributed by atoms with Crippen molar-refractivity contribution in [3.05, 3.63) is 89.0 Å². The van der Waals surface area contributed by atoms with Crippen LogP contribution >= 0.6 is 0 Å². The Kier molecular flexibility index (Phi) is 6.32. The minimum atomic E-state index is -0.356. The molecule has 7 heteroatoms. The molecule has 0 spiro atoms. The first-order valence-corrected chi connectivity index (χ1v) is 10.3. The zero-order chi connectivity index (χ0) is 21.8. The van der Waals surface area contributed by atoms with Crippen LogP contribution in [-0.2, 0) is 6.54 Å². The van der Waals surface area contributed by atoms with Crippen molar-refractivity contribution in [2.24, 2.45) is 0 Å². The minimum Gasteiger partial charge on any atom is -0.322 e. The van der Waals surface area contributed by atoms with Crippen LogP contribution in [0.3, 0.4) is 0 Å². The Morgan fingerprint density at radius 1 is 1.03 bits per heavy atom. The number of likely N-dealkylation sites (tertiary alicyclic amines) is 1.